The Morgan fingerprint density at radius 1 is 0.750 bits per heavy atom. The van der Waals surface area contributed by atoms with Gasteiger partial charge in [-0.1, -0.05) is 0 Å². The van der Waals surface area contributed by atoms with Crippen LogP contribution in [0.5, 0.6) is 0 Å². The topological polar surface area (TPSA) is 82.1 Å². The van der Waals surface area contributed by atoms with Crippen LogP contribution in [0.1, 0.15) is 11.1 Å². The predicted octanol–water partition coefficient (Wildman–Crippen LogP) is 4.47. The van der Waals surface area contributed by atoms with Gasteiger partial charge in [-0.05, 0) is 57.6 Å². The molecule has 0 saturated heterocycles. The zero-order valence-corrected chi connectivity index (χ0v) is 18.5. The van der Waals surface area contributed by atoms with Crippen LogP contribution in [0.15, 0.2) is 71.6 Å². The number of halogens is 2. The van der Waals surface area contributed by atoms with Gasteiger partial charge in [-0.2, -0.15) is 20.2 Å². The fraction of sp³-hybridized carbons (Fsp3) is 0.0714. The normalized spacial score (nSPS) is 13.3. The summed E-state index contributed by atoms with van der Waals surface area (Å²) in [6.45, 7) is 14.7. The summed E-state index contributed by atoms with van der Waals surface area (Å²) in [5, 5.41) is 19.3. The van der Waals surface area contributed by atoms with E-state index in [1.807, 2.05) is 0 Å². The second kappa shape index (κ2) is 8.73. The van der Waals surface area contributed by atoms with Crippen LogP contribution in [0.4, 0.5) is 8.78 Å². The Kier molecular flexibility index (Phi) is 5.42. The molecular weight excluding hydrogens is 458 g/mol. The van der Waals surface area contributed by atoms with Gasteiger partial charge in [0.05, 0.1) is 5.57 Å². The summed E-state index contributed by atoms with van der Waals surface area (Å²) in [6, 6.07) is 10.2. The average molecular weight is 470 g/mol. The molecule has 0 amide bonds. The first kappa shape index (κ1) is 22.4. The van der Waals surface area contributed by atoms with Crippen LogP contribution in [0, 0.1) is 35.8 Å². The van der Waals surface area contributed by atoms with Gasteiger partial charge in [-0.25, -0.2) is 8.78 Å². The third-order valence-electron chi connectivity index (χ3n) is 6.33. The van der Waals surface area contributed by atoms with Crippen molar-refractivity contribution in [2.45, 2.75) is 12.8 Å². The van der Waals surface area contributed by atoms with Crippen molar-refractivity contribution in [3.8, 4) is 34.4 Å². The SMILES string of the molecule is [C-]#[N+]C([N+]#[C-])=C1Cc2c(-c3ccncc3)c3c(c(-c4ccncc4)c2=C1F)CC(=C(C#N)C#N)C=3F. The van der Waals surface area contributed by atoms with E-state index in [9.17, 15) is 10.5 Å². The van der Waals surface area contributed by atoms with Crippen LogP contribution < -0.4 is 10.4 Å². The van der Waals surface area contributed by atoms with Crippen molar-refractivity contribution >= 4 is 11.7 Å². The van der Waals surface area contributed by atoms with Crippen LogP contribution in [-0.2, 0) is 12.8 Å². The van der Waals surface area contributed by atoms with Crippen molar-refractivity contribution in [3.63, 3.8) is 0 Å². The van der Waals surface area contributed by atoms with E-state index in [1.54, 1.807) is 36.4 Å². The van der Waals surface area contributed by atoms with Crippen molar-refractivity contribution in [2.24, 2.45) is 0 Å². The maximum absolute atomic E-state index is 16.1. The van der Waals surface area contributed by atoms with E-state index >= 15 is 8.78 Å². The quantitative estimate of drug-likeness (QED) is 0.409. The zero-order chi connectivity index (χ0) is 25.4. The van der Waals surface area contributed by atoms with Crippen LogP contribution in [0.3, 0.4) is 0 Å². The average Bonchev–Trinajstić information content (AvgIpc) is 3.43. The number of nitriles is 2. The van der Waals surface area contributed by atoms with Crippen molar-refractivity contribution in [1.82, 2.24) is 9.97 Å². The molecule has 6 nitrogen and oxygen atoms in total. The predicted molar refractivity (Wildman–Crippen MR) is 127 cm³/mol. The Hall–Kier alpha value is -5.44. The lowest BCUT2D eigenvalue weighted by molar-refractivity contribution is 0.751. The van der Waals surface area contributed by atoms with Gasteiger partial charge >= 0.3 is 5.82 Å². The number of benzene rings is 1. The third kappa shape index (κ3) is 3.18. The molecule has 0 bridgehead atoms. The fourth-order valence-electron chi connectivity index (χ4n) is 4.87. The fourth-order valence-corrected chi connectivity index (χ4v) is 4.87. The molecule has 0 aliphatic heterocycles. The number of allylic oxidation sites excluding steroid dienone is 3. The van der Waals surface area contributed by atoms with E-state index in [2.05, 4.69) is 19.7 Å². The molecule has 168 valence electrons. The largest absolute Gasteiger partial charge is 0.525 e. The van der Waals surface area contributed by atoms with E-state index in [0.717, 1.165) is 0 Å². The Bertz CT molecular complexity index is 1660. The molecule has 3 aromatic rings. The lowest BCUT2D eigenvalue weighted by Gasteiger charge is -2.15. The molecule has 1 aromatic carbocycles. The molecule has 2 heterocycles. The minimum atomic E-state index is -0.721. The van der Waals surface area contributed by atoms with Gasteiger partial charge < -0.3 is 0 Å². The molecule has 0 radical (unpaired) electrons. The third-order valence-corrected chi connectivity index (χ3v) is 6.33. The lowest BCUT2D eigenvalue weighted by Crippen LogP contribution is -2.24. The number of aromatic nitrogens is 2. The molecule has 0 atom stereocenters. The molecule has 2 aliphatic carbocycles. The maximum Gasteiger partial charge on any atom is 0.525 e. The molecular formula is C28H12F2N6. The van der Waals surface area contributed by atoms with E-state index in [-0.39, 0.29) is 45.8 Å². The highest BCUT2D eigenvalue weighted by atomic mass is 19.1. The van der Waals surface area contributed by atoms with E-state index in [0.29, 0.717) is 33.4 Å². The van der Waals surface area contributed by atoms with Gasteiger partial charge in [0, 0.05) is 53.6 Å². The second-order valence-electron chi connectivity index (χ2n) is 8.01. The summed E-state index contributed by atoms with van der Waals surface area (Å²) in [5.74, 6) is -1.82. The van der Waals surface area contributed by atoms with Crippen molar-refractivity contribution in [2.75, 3.05) is 0 Å². The maximum atomic E-state index is 16.1. The van der Waals surface area contributed by atoms with E-state index in [1.165, 1.54) is 24.8 Å². The first-order chi connectivity index (χ1) is 17.5. The molecule has 36 heavy (non-hydrogen) atoms. The number of fused-ring (bicyclic) bond motifs is 2. The summed E-state index contributed by atoms with van der Waals surface area (Å²) in [6.07, 6.45) is 5.94. The zero-order valence-electron chi connectivity index (χ0n) is 18.5. The van der Waals surface area contributed by atoms with Gasteiger partial charge in [0.2, 0.25) is 0 Å². The van der Waals surface area contributed by atoms with Crippen LogP contribution in [-0.4, -0.2) is 9.97 Å². The van der Waals surface area contributed by atoms with Gasteiger partial charge in [-0.15, -0.1) is 0 Å². The van der Waals surface area contributed by atoms with E-state index < -0.39 is 11.7 Å². The molecule has 2 aliphatic rings. The van der Waals surface area contributed by atoms with Gasteiger partial charge in [0.25, 0.3) is 0 Å². The van der Waals surface area contributed by atoms with E-state index in [4.69, 9.17) is 13.1 Å². The number of pyridine rings is 2. The Balaban J connectivity index is 2.08. The summed E-state index contributed by atoms with van der Waals surface area (Å²) >= 11 is 0. The molecule has 0 N–H and O–H groups in total. The lowest BCUT2D eigenvalue weighted by atomic mass is 9.87. The Labute approximate surface area is 204 Å². The summed E-state index contributed by atoms with van der Waals surface area (Å²) < 4.78 is 32.2. The molecule has 0 fully saturated rings. The number of hydrogen-bond acceptors (Lipinski definition) is 4. The van der Waals surface area contributed by atoms with Crippen LogP contribution in [0.2, 0.25) is 0 Å². The highest BCUT2D eigenvalue weighted by molar-refractivity contribution is 5.90. The molecule has 0 spiro atoms. The molecule has 8 heteroatoms. The molecule has 2 aromatic heterocycles. The summed E-state index contributed by atoms with van der Waals surface area (Å²) in [7, 11) is 0. The minimum absolute atomic E-state index is 0.0461. The van der Waals surface area contributed by atoms with Crippen LogP contribution >= 0.6 is 0 Å². The first-order valence-corrected chi connectivity index (χ1v) is 10.7. The molecule has 0 unspecified atom stereocenters. The van der Waals surface area contributed by atoms with Gasteiger partial charge in [0.15, 0.2) is 0 Å². The smallest absolute Gasteiger partial charge is 0.265 e. The standard InChI is InChI=1S/C28H12F2N6/c1-33-28(34-2)21-12-20-23(16-5-9-36-10-6-16)24-19(11-18(26(24)29)17(13-31)14-32)22(25(20)27(21)30)15-3-7-35-8-4-15/h3-10H,11-12H2. The summed E-state index contributed by atoms with van der Waals surface area (Å²) in [4.78, 5) is 14.5. The monoisotopic (exact) mass is 470 g/mol. The summed E-state index contributed by atoms with van der Waals surface area (Å²) in [5.41, 5.74) is 2.31. The van der Waals surface area contributed by atoms with Crippen molar-refractivity contribution < 1.29 is 8.78 Å². The highest BCUT2D eigenvalue weighted by Gasteiger charge is 2.36. The van der Waals surface area contributed by atoms with Gasteiger partial charge in [-0.3, -0.25) is 9.97 Å². The minimum Gasteiger partial charge on any atom is -0.265 e. The van der Waals surface area contributed by atoms with Gasteiger partial charge in [0.1, 0.15) is 42.5 Å². The Morgan fingerprint density at radius 2 is 1.17 bits per heavy atom. The molecule has 0 saturated carbocycles. The number of nitrogens with zero attached hydrogens (tertiary/aromatic N) is 6. The second-order valence-corrected chi connectivity index (χ2v) is 8.01. The van der Waals surface area contributed by atoms with Crippen molar-refractivity contribution in [3.05, 3.63) is 116 Å². The Morgan fingerprint density at radius 3 is 1.58 bits per heavy atom. The molecule has 5 rings (SSSR count). The van der Waals surface area contributed by atoms with Crippen LogP contribution in [0.25, 0.3) is 43.6 Å². The number of hydrogen-bond donors (Lipinski definition) is 0. The van der Waals surface area contributed by atoms with Crippen molar-refractivity contribution in [1.29, 1.82) is 10.5 Å². The first-order valence-electron chi connectivity index (χ1n) is 10.7. The number of rotatable bonds is 2. The highest BCUT2D eigenvalue weighted by Crippen LogP contribution is 2.39.